The first-order chi connectivity index (χ1) is 11.7. The molecule has 0 bridgehead atoms. The molecule has 0 aliphatic carbocycles. The first-order valence-corrected chi connectivity index (χ1v) is 7.25. The largest absolute Gasteiger partial charge is 0.417 e. The van der Waals surface area contributed by atoms with E-state index < -0.39 is 34.4 Å². The summed E-state index contributed by atoms with van der Waals surface area (Å²) in [5, 5.41) is 3.81. The Balaban J connectivity index is 1.99. The van der Waals surface area contributed by atoms with Gasteiger partial charge in [-0.1, -0.05) is 23.7 Å². The van der Waals surface area contributed by atoms with Crippen LogP contribution < -0.4 is 10.6 Å². The third-order valence-electron chi connectivity index (χ3n) is 3.10. The van der Waals surface area contributed by atoms with Gasteiger partial charge in [0, 0.05) is 12.2 Å². The molecule has 2 N–H and O–H groups in total. The van der Waals surface area contributed by atoms with Gasteiger partial charge in [0.2, 0.25) is 0 Å². The molecule has 2 amide bonds. The Bertz CT molecular complexity index is 792. The molecule has 0 aliphatic rings. The Morgan fingerprint density at radius 3 is 2.24 bits per heavy atom. The molecule has 2 rings (SSSR count). The fourth-order valence-electron chi connectivity index (χ4n) is 1.87. The minimum absolute atomic E-state index is 0.0407. The zero-order valence-corrected chi connectivity index (χ0v) is 13.2. The minimum atomic E-state index is -4.69. The summed E-state index contributed by atoms with van der Waals surface area (Å²) in [6, 6.07) is 7.96. The lowest BCUT2D eigenvalue weighted by Crippen LogP contribution is -2.35. The van der Waals surface area contributed by atoms with Gasteiger partial charge in [0.05, 0.1) is 10.6 Å². The van der Waals surface area contributed by atoms with E-state index in [-0.39, 0.29) is 12.2 Å². The van der Waals surface area contributed by atoms with Crippen LogP contribution in [-0.4, -0.2) is 11.8 Å². The van der Waals surface area contributed by atoms with E-state index in [4.69, 9.17) is 11.6 Å². The van der Waals surface area contributed by atoms with Crippen molar-refractivity contribution in [1.29, 1.82) is 0 Å². The number of amides is 2. The molecule has 0 unspecified atom stereocenters. The molecule has 0 atom stereocenters. The van der Waals surface area contributed by atoms with Crippen molar-refractivity contribution in [2.24, 2.45) is 0 Å². The summed E-state index contributed by atoms with van der Waals surface area (Å²) < 4.78 is 51.0. The lowest BCUT2D eigenvalue weighted by Gasteiger charge is -2.11. The van der Waals surface area contributed by atoms with Crippen molar-refractivity contribution in [3.63, 3.8) is 0 Å². The number of alkyl halides is 3. The molecule has 0 heterocycles. The average molecular weight is 375 g/mol. The fraction of sp³-hybridized carbons (Fsp3) is 0.125. The summed E-state index contributed by atoms with van der Waals surface area (Å²) in [4.78, 5) is 23.4. The van der Waals surface area contributed by atoms with Crippen LogP contribution in [0.25, 0.3) is 0 Å². The molecule has 2 aromatic carbocycles. The number of benzene rings is 2. The topological polar surface area (TPSA) is 58.2 Å². The maximum atomic E-state index is 12.8. The highest BCUT2D eigenvalue weighted by Crippen LogP contribution is 2.36. The Morgan fingerprint density at radius 2 is 1.64 bits per heavy atom. The Morgan fingerprint density at radius 1 is 1.00 bits per heavy atom. The third-order valence-corrected chi connectivity index (χ3v) is 3.43. The number of hydrogen-bond acceptors (Lipinski definition) is 2. The number of hydrogen-bond donors (Lipinski definition) is 2. The number of carbonyl (C=O) groups is 2. The third kappa shape index (κ3) is 5.18. The van der Waals surface area contributed by atoms with Gasteiger partial charge in [-0.25, -0.2) is 4.39 Å². The molecule has 132 valence electrons. The summed E-state index contributed by atoms with van der Waals surface area (Å²) in [5.74, 6) is -2.64. The van der Waals surface area contributed by atoms with Crippen LogP contribution in [0.4, 0.5) is 23.2 Å². The second kappa shape index (κ2) is 7.52. The maximum absolute atomic E-state index is 12.8. The van der Waals surface area contributed by atoms with Gasteiger partial charge < -0.3 is 10.6 Å². The van der Waals surface area contributed by atoms with E-state index in [9.17, 15) is 27.2 Å². The smallest absolute Gasteiger partial charge is 0.344 e. The monoisotopic (exact) mass is 374 g/mol. The molecule has 25 heavy (non-hydrogen) atoms. The van der Waals surface area contributed by atoms with E-state index in [2.05, 4.69) is 10.6 Å². The van der Waals surface area contributed by atoms with E-state index in [0.29, 0.717) is 11.6 Å². The van der Waals surface area contributed by atoms with Crippen molar-refractivity contribution in [3.05, 3.63) is 64.4 Å². The van der Waals surface area contributed by atoms with Crippen molar-refractivity contribution in [2.45, 2.75) is 12.7 Å². The molecule has 0 radical (unpaired) electrons. The first-order valence-electron chi connectivity index (χ1n) is 6.87. The predicted octanol–water partition coefficient (Wildman–Crippen LogP) is 3.75. The zero-order valence-electron chi connectivity index (χ0n) is 12.5. The Hall–Kier alpha value is -2.61. The van der Waals surface area contributed by atoms with Crippen LogP contribution in [0.5, 0.6) is 0 Å². The average Bonchev–Trinajstić information content (AvgIpc) is 2.54. The number of nitrogens with one attached hydrogen (secondary N) is 2. The summed E-state index contributed by atoms with van der Waals surface area (Å²) in [6.07, 6.45) is -4.69. The SMILES string of the molecule is O=C(NCc1ccc(F)cc1)C(=O)Nc1ccc(Cl)c(C(F)(F)F)c1. The maximum Gasteiger partial charge on any atom is 0.417 e. The van der Waals surface area contributed by atoms with Crippen LogP contribution in [0.2, 0.25) is 5.02 Å². The van der Waals surface area contributed by atoms with E-state index in [0.717, 1.165) is 12.1 Å². The van der Waals surface area contributed by atoms with Crippen molar-refractivity contribution < 1.29 is 27.2 Å². The Labute approximate surface area is 144 Å². The Kier molecular flexibility index (Phi) is 5.63. The predicted molar refractivity (Wildman–Crippen MR) is 83.3 cm³/mol. The molecule has 0 spiro atoms. The highest BCUT2D eigenvalue weighted by molar-refractivity contribution is 6.39. The van der Waals surface area contributed by atoms with Gasteiger partial charge in [-0.3, -0.25) is 9.59 Å². The van der Waals surface area contributed by atoms with Gasteiger partial charge in [-0.05, 0) is 35.9 Å². The molecule has 9 heteroatoms. The first kappa shape index (κ1) is 18.7. The van der Waals surface area contributed by atoms with Crippen molar-refractivity contribution in [1.82, 2.24) is 5.32 Å². The summed E-state index contributed by atoms with van der Waals surface area (Å²) in [5.41, 5.74) is -0.800. The van der Waals surface area contributed by atoms with Crippen LogP contribution in [0.1, 0.15) is 11.1 Å². The molecule has 4 nitrogen and oxygen atoms in total. The lowest BCUT2D eigenvalue weighted by atomic mass is 10.2. The molecule has 2 aromatic rings. The number of halogens is 5. The number of anilines is 1. The van der Waals surface area contributed by atoms with Crippen LogP contribution in [0.3, 0.4) is 0 Å². The van der Waals surface area contributed by atoms with Crippen LogP contribution in [0.15, 0.2) is 42.5 Å². The van der Waals surface area contributed by atoms with Gasteiger partial charge >= 0.3 is 18.0 Å². The number of rotatable bonds is 3. The minimum Gasteiger partial charge on any atom is -0.344 e. The van der Waals surface area contributed by atoms with E-state index in [1.165, 1.54) is 24.3 Å². The van der Waals surface area contributed by atoms with Crippen LogP contribution in [-0.2, 0) is 22.3 Å². The molecule has 0 saturated heterocycles. The summed E-state index contributed by atoms with van der Waals surface area (Å²) in [7, 11) is 0. The standard InChI is InChI=1S/C16H11ClF4N2O2/c17-13-6-5-11(7-12(13)16(19,20)21)23-15(25)14(24)22-8-9-1-3-10(18)4-2-9/h1-7H,8H2,(H,22,24)(H,23,25). The lowest BCUT2D eigenvalue weighted by molar-refractivity contribution is -0.137. The molecular weight excluding hydrogens is 364 g/mol. The van der Waals surface area contributed by atoms with Gasteiger partial charge in [0.25, 0.3) is 0 Å². The van der Waals surface area contributed by atoms with E-state index >= 15 is 0 Å². The normalized spacial score (nSPS) is 11.1. The summed E-state index contributed by atoms with van der Waals surface area (Å²) in [6.45, 7) is -0.0407. The molecular formula is C16H11ClF4N2O2. The van der Waals surface area contributed by atoms with Crippen molar-refractivity contribution in [3.8, 4) is 0 Å². The van der Waals surface area contributed by atoms with E-state index in [1.54, 1.807) is 0 Å². The zero-order chi connectivity index (χ0) is 18.6. The molecule has 0 aromatic heterocycles. The molecule has 0 saturated carbocycles. The van der Waals surface area contributed by atoms with Crippen LogP contribution >= 0.6 is 11.6 Å². The van der Waals surface area contributed by atoms with Gasteiger partial charge in [-0.2, -0.15) is 13.2 Å². The van der Waals surface area contributed by atoms with E-state index in [1.807, 2.05) is 0 Å². The van der Waals surface area contributed by atoms with Gasteiger partial charge in [0.1, 0.15) is 5.82 Å². The highest BCUT2D eigenvalue weighted by Gasteiger charge is 2.33. The van der Waals surface area contributed by atoms with Gasteiger partial charge in [0.15, 0.2) is 0 Å². The second-order valence-electron chi connectivity index (χ2n) is 4.96. The number of carbonyl (C=O) groups excluding carboxylic acids is 2. The van der Waals surface area contributed by atoms with Crippen molar-refractivity contribution >= 4 is 29.1 Å². The van der Waals surface area contributed by atoms with Crippen LogP contribution in [0, 0.1) is 5.82 Å². The van der Waals surface area contributed by atoms with Crippen molar-refractivity contribution in [2.75, 3.05) is 5.32 Å². The molecule has 0 aliphatic heterocycles. The summed E-state index contributed by atoms with van der Waals surface area (Å²) >= 11 is 5.47. The quantitative estimate of drug-likeness (QED) is 0.635. The second-order valence-corrected chi connectivity index (χ2v) is 5.36. The highest BCUT2D eigenvalue weighted by atomic mass is 35.5. The van der Waals surface area contributed by atoms with Gasteiger partial charge in [-0.15, -0.1) is 0 Å². The fourth-order valence-corrected chi connectivity index (χ4v) is 2.10. The molecule has 0 fully saturated rings.